The summed E-state index contributed by atoms with van der Waals surface area (Å²) in [6.07, 6.45) is 0.580. The van der Waals surface area contributed by atoms with E-state index >= 15 is 0 Å². The number of carbonyl (C=O) groups is 3. The molecule has 1 atom stereocenters. The molecule has 2 heterocycles. The molecule has 0 aliphatic carbocycles. The van der Waals surface area contributed by atoms with Gasteiger partial charge in [0.05, 0.1) is 18.7 Å². The Labute approximate surface area is 254 Å². The number of carboxylic acid groups (broad SMARTS) is 1. The fourth-order valence-corrected chi connectivity index (χ4v) is 5.87. The van der Waals surface area contributed by atoms with Gasteiger partial charge in [0, 0.05) is 57.4 Å². The van der Waals surface area contributed by atoms with E-state index in [0.29, 0.717) is 61.6 Å². The number of fused-ring (bicyclic) bond motifs is 1. The highest BCUT2D eigenvalue weighted by molar-refractivity contribution is 6.07. The van der Waals surface area contributed by atoms with Crippen LogP contribution in [0.5, 0.6) is 5.75 Å². The molecule has 0 spiro atoms. The highest BCUT2D eigenvalue weighted by Crippen LogP contribution is 2.31. The number of nitrogens with zero attached hydrogens (tertiary/aromatic N) is 3. The molecular formula is C33H45N5O5. The molecule has 10 heteroatoms. The molecule has 10 nitrogen and oxygen atoms in total. The van der Waals surface area contributed by atoms with E-state index in [4.69, 9.17) is 10.1 Å². The van der Waals surface area contributed by atoms with Gasteiger partial charge in [0.1, 0.15) is 17.6 Å². The number of nitrogens with one attached hydrogen (secondary N) is 2. The molecule has 232 valence electrons. The van der Waals surface area contributed by atoms with Crippen molar-refractivity contribution in [2.75, 3.05) is 46.4 Å². The van der Waals surface area contributed by atoms with Crippen LogP contribution in [0.1, 0.15) is 84.0 Å². The maximum Gasteiger partial charge on any atom is 0.320 e. The number of carboxylic acids is 1. The standard InChI is InChI=1S/C33H45N5O5/c1-7-27(32(41)42)37-11-9-36(10-12-37)18-21-13-22(15-24(14-21)33(3,4)5)28(39)20-38-19-23-16-29(43-8-2)26(31(40)35-6)17-25(23)30(38)34/h13-17,27,34H,7-12,18-20H2,1-6H3,(H,35,40)(H,41,42). The smallest absolute Gasteiger partial charge is 0.320 e. The first-order valence-electron chi connectivity index (χ1n) is 15.1. The van der Waals surface area contributed by atoms with Gasteiger partial charge in [-0.25, -0.2) is 0 Å². The molecular weight excluding hydrogens is 546 g/mol. The molecule has 1 fully saturated rings. The van der Waals surface area contributed by atoms with Crippen molar-refractivity contribution in [3.05, 3.63) is 63.7 Å². The molecule has 2 aromatic rings. The molecule has 0 saturated carbocycles. The Kier molecular flexibility index (Phi) is 9.92. The predicted octanol–water partition coefficient (Wildman–Crippen LogP) is 3.75. The average Bonchev–Trinajstić information content (AvgIpc) is 3.26. The van der Waals surface area contributed by atoms with Gasteiger partial charge in [-0.05, 0) is 59.7 Å². The summed E-state index contributed by atoms with van der Waals surface area (Å²) in [5, 5.41) is 21.0. The third kappa shape index (κ3) is 7.25. The lowest BCUT2D eigenvalue weighted by molar-refractivity contribution is -0.144. The van der Waals surface area contributed by atoms with Crippen molar-refractivity contribution in [1.82, 2.24) is 20.0 Å². The molecule has 0 aromatic heterocycles. The Balaban J connectivity index is 1.51. The lowest BCUT2D eigenvalue weighted by atomic mass is 9.84. The minimum Gasteiger partial charge on any atom is -0.493 e. The monoisotopic (exact) mass is 591 g/mol. The Morgan fingerprint density at radius 2 is 1.74 bits per heavy atom. The van der Waals surface area contributed by atoms with Gasteiger partial charge in [0.25, 0.3) is 5.91 Å². The molecule has 2 aromatic carbocycles. The number of carbonyl (C=O) groups excluding carboxylic acids is 2. The lowest BCUT2D eigenvalue weighted by Crippen LogP contribution is -2.52. The highest BCUT2D eigenvalue weighted by atomic mass is 16.5. The second kappa shape index (κ2) is 13.3. The van der Waals surface area contributed by atoms with Crippen LogP contribution in [-0.2, 0) is 23.3 Å². The van der Waals surface area contributed by atoms with Crippen molar-refractivity contribution in [2.45, 2.75) is 65.6 Å². The van der Waals surface area contributed by atoms with Crippen LogP contribution in [0.3, 0.4) is 0 Å². The number of rotatable bonds is 11. The fraction of sp³-hybridized carbons (Fsp3) is 0.515. The molecule has 0 radical (unpaired) electrons. The van der Waals surface area contributed by atoms with Gasteiger partial charge in [-0.2, -0.15) is 0 Å². The maximum absolute atomic E-state index is 13.7. The second-order valence-corrected chi connectivity index (χ2v) is 12.4. The van der Waals surface area contributed by atoms with Crippen molar-refractivity contribution < 1.29 is 24.2 Å². The van der Waals surface area contributed by atoms with Gasteiger partial charge in [-0.15, -0.1) is 0 Å². The van der Waals surface area contributed by atoms with E-state index in [1.165, 1.54) is 0 Å². The molecule has 0 bridgehead atoms. The Hall–Kier alpha value is -3.76. The van der Waals surface area contributed by atoms with Crippen LogP contribution < -0.4 is 10.1 Å². The number of hydrogen-bond acceptors (Lipinski definition) is 7. The fourth-order valence-electron chi connectivity index (χ4n) is 5.87. The van der Waals surface area contributed by atoms with E-state index in [0.717, 1.165) is 29.8 Å². The second-order valence-electron chi connectivity index (χ2n) is 12.4. The SMILES string of the molecule is CCOc1cc2c(cc1C(=O)NC)C(=N)N(CC(=O)c1cc(CN3CCN(C(CC)C(=O)O)CC3)cc(C(C)(C)C)c1)C2. The number of amides is 1. The number of amidine groups is 1. The summed E-state index contributed by atoms with van der Waals surface area (Å²) in [5.41, 5.74) is 4.42. The summed E-state index contributed by atoms with van der Waals surface area (Å²) >= 11 is 0. The summed E-state index contributed by atoms with van der Waals surface area (Å²) in [7, 11) is 1.56. The first-order chi connectivity index (χ1) is 20.4. The first-order valence-corrected chi connectivity index (χ1v) is 15.1. The zero-order valence-electron chi connectivity index (χ0n) is 26.2. The van der Waals surface area contributed by atoms with E-state index < -0.39 is 12.0 Å². The summed E-state index contributed by atoms with van der Waals surface area (Å²) in [5.74, 6) is -0.439. The van der Waals surface area contributed by atoms with Gasteiger partial charge in [-0.3, -0.25) is 29.6 Å². The first kappa shape index (κ1) is 32.2. The molecule has 43 heavy (non-hydrogen) atoms. The average molecular weight is 592 g/mol. The molecule has 2 aliphatic heterocycles. The minimum absolute atomic E-state index is 0.0477. The Bertz CT molecular complexity index is 1390. The number of aliphatic carboxylic acids is 1. The van der Waals surface area contributed by atoms with E-state index in [-0.39, 0.29) is 29.5 Å². The van der Waals surface area contributed by atoms with E-state index in [2.05, 4.69) is 37.1 Å². The van der Waals surface area contributed by atoms with Gasteiger partial charge in [0.2, 0.25) is 0 Å². The third-order valence-electron chi connectivity index (χ3n) is 8.35. The normalized spacial score (nSPS) is 16.6. The summed E-state index contributed by atoms with van der Waals surface area (Å²) < 4.78 is 5.71. The van der Waals surface area contributed by atoms with Crippen molar-refractivity contribution in [2.24, 2.45) is 0 Å². The highest BCUT2D eigenvalue weighted by Gasteiger charge is 2.31. The number of Topliss-reactive ketones (excluding diaryl/α,β-unsaturated/α-hetero) is 1. The van der Waals surface area contributed by atoms with Crippen LogP contribution in [-0.4, -0.2) is 95.7 Å². The maximum atomic E-state index is 13.7. The van der Waals surface area contributed by atoms with Crippen LogP contribution in [0.15, 0.2) is 30.3 Å². The number of ketones is 1. The topological polar surface area (TPSA) is 126 Å². The zero-order valence-corrected chi connectivity index (χ0v) is 26.2. The van der Waals surface area contributed by atoms with Crippen LogP contribution in [0.4, 0.5) is 0 Å². The third-order valence-corrected chi connectivity index (χ3v) is 8.35. The lowest BCUT2D eigenvalue weighted by Gasteiger charge is -2.37. The molecule has 1 unspecified atom stereocenters. The van der Waals surface area contributed by atoms with Crippen LogP contribution in [0, 0.1) is 5.41 Å². The summed E-state index contributed by atoms with van der Waals surface area (Å²) in [4.78, 5) is 43.9. The van der Waals surface area contributed by atoms with Crippen molar-refractivity contribution in [3.8, 4) is 5.75 Å². The number of hydrogen-bond donors (Lipinski definition) is 3. The van der Waals surface area contributed by atoms with Gasteiger partial charge in [-0.1, -0.05) is 33.8 Å². The molecule has 2 aliphatic rings. The Morgan fingerprint density at radius 3 is 2.33 bits per heavy atom. The van der Waals surface area contributed by atoms with Gasteiger partial charge < -0.3 is 20.1 Å². The molecule has 3 N–H and O–H groups in total. The van der Waals surface area contributed by atoms with Gasteiger partial charge >= 0.3 is 5.97 Å². The number of piperazine rings is 1. The van der Waals surface area contributed by atoms with E-state index in [1.807, 2.05) is 30.9 Å². The quantitative estimate of drug-likeness (QED) is 0.338. The van der Waals surface area contributed by atoms with Crippen molar-refractivity contribution in [1.29, 1.82) is 5.41 Å². The molecule has 1 saturated heterocycles. The van der Waals surface area contributed by atoms with E-state index in [1.54, 1.807) is 24.1 Å². The van der Waals surface area contributed by atoms with Crippen molar-refractivity contribution in [3.63, 3.8) is 0 Å². The number of benzene rings is 2. The van der Waals surface area contributed by atoms with Crippen LogP contribution in [0.25, 0.3) is 0 Å². The molecule has 4 rings (SSSR count). The number of ether oxygens (including phenoxy) is 1. The predicted molar refractivity (Wildman–Crippen MR) is 166 cm³/mol. The van der Waals surface area contributed by atoms with Crippen molar-refractivity contribution >= 4 is 23.5 Å². The summed E-state index contributed by atoms with van der Waals surface area (Å²) in [6, 6.07) is 9.13. The van der Waals surface area contributed by atoms with E-state index in [9.17, 15) is 19.5 Å². The van der Waals surface area contributed by atoms with Gasteiger partial charge in [0.15, 0.2) is 5.78 Å². The molecule has 1 amide bonds. The van der Waals surface area contributed by atoms with Crippen LogP contribution in [0.2, 0.25) is 0 Å². The Morgan fingerprint density at radius 1 is 1.05 bits per heavy atom. The zero-order chi connectivity index (χ0) is 31.5. The van der Waals surface area contributed by atoms with Crippen LogP contribution >= 0.6 is 0 Å². The largest absolute Gasteiger partial charge is 0.493 e. The minimum atomic E-state index is -0.771. The summed E-state index contributed by atoms with van der Waals surface area (Å²) in [6.45, 7) is 14.6.